The van der Waals surface area contributed by atoms with Crippen LogP contribution in [0, 0.1) is 5.41 Å². The zero-order valence-electron chi connectivity index (χ0n) is 7.78. The van der Waals surface area contributed by atoms with Gasteiger partial charge in [-0.2, -0.15) is 0 Å². The van der Waals surface area contributed by atoms with Crippen molar-refractivity contribution in [2.45, 2.75) is 33.1 Å². The van der Waals surface area contributed by atoms with Gasteiger partial charge in [0.25, 0.3) is 0 Å². The zero-order valence-corrected chi connectivity index (χ0v) is 9.94. The molecule has 0 radical (unpaired) electrons. The second-order valence-corrected chi connectivity index (χ2v) is 4.35. The molecule has 0 amide bonds. The van der Waals surface area contributed by atoms with Crippen LogP contribution in [0.2, 0.25) is 0 Å². The number of hydrogen-bond acceptors (Lipinski definition) is 1. The lowest BCUT2D eigenvalue weighted by Crippen LogP contribution is -1.98. The Labute approximate surface area is 88.6 Å². The van der Waals surface area contributed by atoms with Crippen LogP contribution in [0.5, 0.6) is 0 Å². The smallest absolute Gasteiger partial charge is 0.0573 e. The Morgan fingerprint density at radius 1 is 1.58 bits per heavy atom. The molecule has 12 heavy (non-hydrogen) atoms. The van der Waals surface area contributed by atoms with Crippen LogP contribution in [0.25, 0.3) is 0 Å². The van der Waals surface area contributed by atoms with Crippen LogP contribution in [0.3, 0.4) is 0 Å². The minimum atomic E-state index is 0.579. The topological polar surface area (TPSA) is 23.9 Å². The quantitative estimate of drug-likeness (QED) is 0.578. The molecule has 0 saturated carbocycles. The molecule has 0 aromatic heterocycles. The van der Waals surface area contributed by atoms with Gasteiger partial charge in [-0.1, -0.05) is 19.9 Å². The van der Waals surface area contributed by atoms with Gasteiger partial charge in [0.15, 0.2) is 0 Å². The van der Waals surface area contributed by atoms with Crippen LogP contribution in [0.15, 0.2) is 21.8 Å². The molecule has 0 fully saturated rings. The summed E-state index contributed by atoms with van der Waals surface area (Å²) in [4.78, 5) is 0. The van der Waals surface area contributed by atoms with E-state index in [0.29, 0.717) is 5.71 Å². The maximum absolute atomic E-state index is 7.62. The number of unbranched alkanes of at least 4 members (excludes halogenated alkanes) is 1. The zero-order chi connectivity index (χ0) is 9.56. The lowest BCUT2D eigenvalue weighted by atomic mass is 10.0. The van der Waals surface area contributed by atoms with Gasteiger partial charge in [-0.15, -0.1) is 0 Å². The molecule has 1 nitrogen and oxygen atoms in total. The van der Waals surface area contributed by atoms with Crippen LogP contribution >= 0.6 is 22.6 Å². The van der Waals surface area contributed by atoms with E-state index >= 15 is 0 Å². The Kier molecular flexibility index (Phi) is 6.34. The lowest BCUT2D eigenvalue weighted by Gasteiger charge is -2.06. The number of allylic oxidation sites excluding steroid dienone is 3. The summed E-state index contributed by atoms with van der Waals surface area (Å²) in [5.74, 6) is 0. The predicted octanol–water partition coefficient (Wildman–Crippen LogP) is 4.09. The number of halogens is 1. The van der Waals surface area contributed by atoms with Crippen molar-refractivity contribution >= 4 is 28.3 Å². The second-order valence-electron chi connectivity index (χ2n) is 2.73. The van der Waals surface area contributed by atoms with Crippen LogP contribution in [-0.4, -0.2) is 5.71 Å². The highest BCUT2D eigenvalue weighted by Crippen LogP contribution is 2.19. The molecule has 0 rings (SSSR count). The summed E-state index contributed by atoms with van der Waals surface area (Å²) in [5, 5.41) is 7.62. The molecule has 0 aromatic carbocycles. The van der Waals surface area contributed by atoms with Crippen molar-refractivity contribution in [3.8, 4) is 0 Å². The van der Waals surface area contributed by atoms with Gasteiger partial charge in [0, 0.05) is 0 Å². The van der Waals surface area contributed by atoms with E-state index in [1.54, 1.807) is 6.08 Å². The standard InChI is InChI=1S/C10H16IN/c1-4-6-7-9(8(3)11)10(12)5-2/h5,12H,2,4,6-7H2,1,3H3/b9-8+,12-10?. The fourth-order valence-electron chi connectivity index (χ4n) is 0.969. The third-order valence-corrected chi connectivity index (χ3v) is 2.38. The van der Waals surface area contributed by atoms with Crippen molar-refractivity contribution in [1.29, 1.82) is 5.41 Å². The van der Waals surface area contributed by atoms with E-state index in [9.17, 15) is 0 Å². The van der Waals surface area contributed by atoms with E-state index in [4.69, 9.17) is 5.41 Å². The Hall–Kier alpha value is -0.120. The largest absolute Gasteiger partial charge is 0.301 e. The monoisotopic (exact) mass is 277 g/mol. The number of rotatable bonds is 5. The number of nitrogens with one attached hydrogen (secondary N) is 1. The van der Waals surface area contributed by atoms with Crippen molar-refractivity contribution in [1.82, 2.24) is 0 Å². The van der Waals surface area contributed by atoms with Crippen molar-refractivity contribution in [2.24, 2.45) is 0 Å². The summed E-state index contributed by atoms with van der Waals surface area (Å²) in [5.41, 5.74) is 1.72. The van der Waals surface area contributed by atoms with E-state index in [1.807, 2.05) is 6.92 Å². The Morgan fingerprint density at radius 3 is 2.50 bits per heavy atom. The first-order valence-electron chi connectivity index (χ1n) is 4.20. The normalized spacial score (nSPS) is 12.2. The summed E-state index contributed by atoms with van der Waals surface area (Å²) < 4.78 is 1.21. The molecule has 0 aliphatic heterocycles. The summed E-state index contributed by atoms with van der Waals surface area (Å²) in [6.45, 7) is 7.82. The summed E-state index contributed by atoms with van der Waals surface area (Å²) in [7, 11) is 0. The highest BCUT2D eigenvalue weighted by molar-refractivity contribution is 14.1. The molecule has 68 valence electrons. The first-order chi connectivity index (χ1) is 5.63. The SMILES string of the molecule is C=CC(=N)/C(CCCC)=C(\C)I. The second kappa shape index (κ2) is 6.40. The van der Waals surface area contributed by atoms with Gasteiger partial charge in [-0.3, -0.25) is 0 Å². The summed E-state index contributed by atoms with van der Waals surface area (Å²) >= 11 is 2.27. The van der Waals surface area contributed by atoms with Gasteiger partial charge >= 0.3 is 0 Å². The van der Waals surface area contributed by atoms with Crippen LogP contribution < -0.4 is 0 Å². The van der Waals surface area contributed by atoms with Crippen LogP contribution in [0.1, 0.15) is 33.1 Å². The molecule has 0 saturated heterocycles. The molecule has 0 aromatic rings. The van der Waals surface area contributed by atoms with E-state index in [2.05, 4.69) is 36.1 Å². The van der Waals surface area contributed by atoms with E-state index in [-0.39, 0.29) is 0 Å². The van der Waals surface area contributed by atoms with Gasteiger partial charge in [-0.05, 0) is 57.6 Å². The first kappa shape index (κ1) is 11.9. The molecule has 0 atom stereocenters. The average molecular weight is 277 g/mol. The minimum Gasteiger partial charge on any atom is -0.301 e. The molecule has 0 spiro atoms. The molecule has 0 aliphatic carbocycles. The highest BCUT2D eigenvalue weighted by atomic mass is 127. The van der Waals surface area contributed by atoms with Crippen LogP contribution in [0.4, 0.5) is 0 Å². The fourth-order valence-corrected chi connectivity index (χ4v) is 1.53. The van der Waals surface area contributed by atoms with E-state index in [1.165, 1.54) is 10.0 Å². The van der Waals surface area contributed by atoms with Crippen molar-refractivity contribution in [3.63, 3.8) is 0 Å². The molecule has 0 unspecified atom stereocenters. The molecule has 0 heterocycles. The van der Waals surface area contributed by atoms with Gasteiger partial charge < -0.3 is 5.41 Å². The van der Waals surface area contributed by atoms with Crippen molar-refractivity contribution in [2.75, 3.05) is 0 Å². The third kappa shape index (κ3) is 4.04. The Balaban J connectivity index is 4.36. The average Bonchev–Trinajstić information content (AvgIpc) is 2.04. The van der Waals surface area contributed by atoms with Gasteiger partial charge in [0.1, 0.15) is 0 Å². The molecule has 0 aliphatic rings. The first-order valence-corrected chi connectivity index (χ1v) is 5.28. The predicted molar refractivity (Wildman–Crippen MR) is 64.2 cm³/mol. The highest BCUT2D eigenvalue weighted by Gasteiger charge is 2.03. The van der Waals surface area contributed by atoms with Gasteiger partial charge in [0.05, 0.1) is 5.71 Å². The molecule has 0 bridgehead atoms. The Morgan fingerprint density at radius 2 is 2.17 bits per heavy atom. The third-order valence-electron chi connectivity index (χ3n) is 1.73. The molecule has 2 heteroatoms. The molecular weight excluding hydrogens is 261 g/mol. The maximum atomic E-state index is 7.62. The van der Waals surface area contributed by atoms with Gasteiger partial charge in [0.2, 0.25) is 0 Å². The van der Waals surface area contributed by atoms with Crippen molar-refractivity contribution in [3.05, 3.63) is 21.8 Å². The summed E-state index contributed by atoms with van der Waals surface area (Å²) in [6, 6.07) is 0. The molecular formula is C10H16IN. The molecule has 1 N–H and O–H groups in total. The minimum absolute atomic E-state index is 0.579. The summed E-state index contributed by atoms with van der Waals surface area (Å²) in [6.07, 6.45) is 4.97. The van der Waals surface area contributed by atoms with Crippen LogP contribution in [-0.2, 0) is 0 Å². The van der Waals surface area contributed by atoms with Gasteiger partial charge in [-0.25, -0.2) is 0 Å². The number of hydrogen-bond donors (Lipinski definition) is 1. The maximum Gasteiger partial charge on any atom is 0.0573 e. The van der Waals surface area contributed by atoms with Crippen molar-refractivity contribution < 1.29 is 0 Å². The van der Waals surface area contributed by atoms with E-state index in [0.717, 1.165) is 18.4 Å². The lowest BCUT2D eigenvalue weighted by molar-refractivity contribution is 0.801. The van der Waals surface area contributed by atoms with E-state index < -0.39 is 0 Å². The fraction of sp³-hybridized carbons (Fsp3) is 0.500. The Bertz CT molecular complexity index is 200.